The predicted octanol–water partition coefficient (Wildman–Crippen LogP) is 2.83. The molecular formula is C12H11BrN2O2. The number of esters is 1. The number of carbonyl (C=O) groups is 1. The summed E-state index contributed by atoms with van der Waals surface area (Å²) in [6.45, 7) is 0. The first kappa shape index (κ1) is 11.9. The average molecular weight is 295 g/mol. The standard InChI is InChI=1S/C12H11BrN2O2/c1-14-9-6-10(12(16)17-2)15-11-7(9)4-3-5-8(11)13/h3-6H,1-2H3,(H,14,15). The molecule has 0 unspecified atom stereocenters. The molecule has 88 valence electrons. The molecule has 0 aliphatic carbocycles. The van der Waals surface area contributed by atoms with Crippen molar-refractivity contribution in [3.63, 3.8) is 0 Å². The van der Waals surface area contributed by atoms with Gasteiger partial charge in [0.1, 0.15) is 0 Å². The van der Waals surface area contributed by atoms with Gasteiger partial charge < -0.3 is 10.1 Å². The van der Waals surface area contributed by atoms with Crippen molar-refractivity contribution in [1.82, 2.24) is 4.98 Å². The Hall–Kier alpha value is -1.62. The molecule has 4 nitrogen and oxygen atoms in total. The Balaban J connectivity index is 2.76. The van der Waals surface area contributed by atoms with E-state index in [4.69, 9.17) is 0 Å². The lowest BCUT2D eigenvalue weighted by Crippen LogP contribution is -2.06. The number of halogens is 1. The fourth-order valence-corrected chi connectivity index (χ4v) is 2.08. The van der Waals surface area contributed by atoms with E-state index in [9.17, 15) is 4.79 Å². The van der Waals surface area contributed by atoms with Crippen LogP contribution in [0.5, 0.6) is 0 Å². The molecule has 0 saturated heterocycles. The van der Waals surface area contributed by atoms with Gasteiger partial charge in [0.15, 0.2) is 5.69 Å². The van der Waals surface area contributed by atoms with Gasteiger partial charge >= 0.3 is 5.97 Å². The molecule has 0 aliphatic rings. The van der Waals surface area contributed by atoms with E-state index < -0.39 is 5.97 Å². The third-order valence-corrected chi connectivity index (χ3v) is 3.09. The second-order valence-electron chi connectivity index (χ2n) is 3.43. The van der Waals surface area contributed by atoms with Crippen LogP contribution in [0.2, 0.25) is 0 Å². The minimum atomic E-state index is -0.445. The molecule has 0 bridgehead atoms. The Bertz CT molecular complexity index is 584. The number of fused-ring (bicyclic) bond motifs is 1. The maximum atomic E-state index is 11.5. The summed E-state index contributed by atoms with van der Waals surface area (Å²) in [5.41, 5.74) is 1.87. The van der Waals surface area contributed by atoms with Crippen LogP contribution in [0.15, 0.2) is 28.7 Å². The summed E-state index contributed by atoms with van der Waals surface area (Å²) in [5, 5.41) is 4.00. The van der Waals surface area contributed by atoms with Crippen LogP contribution in [0.3, 0.4) is 0 Å². The van der Waals surface area contributed by atoms with E-state index in [0.717, 1.165) is 21.1 Å². The number of ether oxygens (including phenoxy) is 1. The van der Waals surface area contributed by atoms with Crippen molar-refractivity contribution in [2.75, 3.05) is 19.5 Å². The maximum absolute atomic E-state index is 11.5. The van der Waals surface area contributed by atoms with Crippen molar-refractivity contribution in [3.05, 3.63) is 34.4 Å². The quantitative estimate of drug-likeness (QED) is 0.866. The molecule has 2 aromatic rings. The lowest BCUT2D eigenvalue weighted by molar-refractivity contribution is 0.0594. The highest BCUT2D eigenvalue weighted by molar-refractivity contribution is 9.10. The van der Waals surface area contributed by atoms with Crippen LogP contribution in [0.25, 0.3) is 10.9 Å². The normalized spacial score (nSPS) is 10.3. The summed E-state index contributed by atoms with van der Waals surface area (Å²) < 4.78 is 5.52. The minimum Gasteiger partial charge on any atom is -0.464 e. The number of benzene rings is 1. The van der Waals surface area contributed by atoms with Gasteiger partial charge in [-0.2, -0.15) is 0 Å². The Morgan fingerprint density at radius 3 is 2.88 bits per heavy atom. The zero-order valence-electron chi connectivity index (χ0n) is 9.45. The van der Waals surface area contributed by atoms with Gasteiger partial charge in [0, 0.05) is 22.6 Å². The minimum absolute atomic E-state index is 0.288. The summed E-state index contributed by atoms with van der Waals surface area (Å²) >= 11 is 3.42. The maximum Gasteiger partial charge on any atom is 0.356 e. The van der Waals surface area contributed by atoms with Gasteiger partial charge in [-0.25, -0.2) is 9.78 Å². The molecule has 1 heterocycles. The molecule has 0 amide bonds. The van der Waals surface area contributed by atoms with Crippen molar-refractivity contribution < 1.29 is 9.53 Å². The van der Waals surface area contributed by atoms with Crippen molar-refractivity contribution in [2.24, 2.45) is 0 Å². The number of nitrogens with one attached hydrogen (secondary N) is 1. The lowest BCUT2D eigenvalue weighted by Gasteiger charge is -2.09. The summed E-state index contributed by atoms with van der Waals surface area (Å²) in [4.78, 5) is 15.8. The van der Waals surface area contributed by atoms with E-state index in [1.165, 1.54) is 7.11 Å². The fourth-order valence-electron chi connectivity index (χ4n) is 1.63. The molecule has 0 aliphatic heterocycles. The van der Waals surface area contributed by atoms with Gasteiger partial charge in [-0.05, 0) is 28.1 Å². The first-order valence-electron chi connectivity index (χ1n) is 5.02. The predicted molar refractivity (Wildman–Crippen MR) is 70.3 cm³/mol. The molecule has 17 heavy (non-hydrogen) atoms. The molecule has 5 heteroatoms. The number of aromatic nitrogens is 1. The molecule has 0 atom stereocenters. The Morgan fingerprint density at radius 2 is 2.24 bits per heavy atom. The molecule has 2 rings (SSSR count). The Morgan fingerprint density at radius 1 is 1.47 bits per heavy atom. The number of rotatable bonds is 2. The molecule has 0 saturated carbocycles. The average Bonchev–Trinajstić information content (AvgIpc) is 2.37. The number of anilines is 1. The van der Waals surface area contributed by atoms with Crippen LogP contribution >= 0.6 is 15.9 Å². The van der Waals surface area contributed by atoms with Crippen molar-refractivity contribution in [1.29, 1.82) is 0 Å². The smallest absolute Gasteiger partial charge is 0.356 e. The zero-order chi connectivity index (χ0) is 12.4. The molecule has 0 radical (unpaired) electrons. The van der Waals surface area contributed by atoms with Crippen LogP contribution < -0.4 is 5.32 Å². The van der Waals surface area contributed by atoms with Gasteiger partial charge in [0.2, 0.25) is 0 Å². The topological polar surface area (TPSA) is 51.2 Å². The van der Waals surface area contributed by atoms with Gasteiger partial charge in [-0.3, -0.25) is 0 Å². The Kier molecular flexibility index (Phi) is 3.28. The Labute approximate surface area is 107 Å². The highest BCUT2D eigenvalue weighted by Crippen LogP contribution is 2.28. The van der Waals surface area contributed by atoms with Gasteiger partial charge in [-0.15, -0.1) is 0 Å². The number of para-hydroxylation sites is 1. The molecular weight excluding hydrogens is 284 g/mol. The summed E-state index contributed by atoms with van der Waals surface area (Å²) in [6.07, 6.45) is 0. The highest BCUT2D eigenvalue weighted by Gasteiger charge is 2.12. The van der Waals surface area contributed by atoms with Crippen LogP contribution in [-0.4, -0.2) is 25.1 Å². The van der Waals surface area contributed by atoms with Crippen LogP contribution in [0.4, 0.5) is 5.69 Å². The highest BCUT2D eigenvalue weighted by atomic mass is 79.9. The van der Waals surface area contributed by atoms with Gasteiger partial charge in [0.25, 0.3) is 0 Å². The van der Waals surface area contributed by atoms with Gasteiger partial charge in [0.05, 0.1) is 12.6 Å². The first-order chi connectivity index (χ1) is 8.17. The monoisotopic (exact) mass is 294 g/mol. The van der Waals surface area contributed by atoms with Crippen LogP contribution in [0, 0.1) is 0 Å². The van der Waals surface area contributed by atoms with Gasteiger partial charge in [-0.1, -0.05) is 12.1 Å². The third kappa shape index (κ3) is 2.10. The number of methoxy groups -OCH3 is 1. The summed E-state index contributed by atoms with van der Waals surface area (Å²) in [7, 11) is 3.14. The number of hydrogen-bond donors (Lipinski definition) is 1. The summed E-state index contributed by atoms with van der Waals surface area (Å²) in [5.74, 6) is -0.445. The van der Waals surface area contributed by atoms with E-state index in [0.29, 0.717) is 0 Å². The second kappa shape index (κ2) is 4.71. The van der Waals surface area contributed by atoms with Crippen LogP contribution in [-0.2, 0) is 4.74 Å². The van der Waals surface area contributed by atoms with Crippen LogP contribution in [0.1, 0.15) is 10.5 Å². The molecule has 0 spiro atoms. The SMILES string of the molecule is CNc1cc(C(=O)OC)nc2c(Br)cccc12. The van der Waals surface area contributed by atoms with E-state index in [1.807, 2.05) is 18.2 Å². The molecule has 1 N–H and O–H groups in total. The lowest BCUT2D eigenvalue weighted by atomic mass is 10.1. The molecule has 1 aromatic heterocycles. The number of carbonyl (C=O) groups excluding carboxylic acids is 1. The van der Waals surface area contributed by atoms with Crippen molar-refractivity contribution in [2.45, 2.75) is 0 Å². The first-order valence-corrected chi connectivity index (χ1v) is 5.82. The number of hydrogen-bond acceptors (Lipinski definition) is 4. The molecule has 0 fully saturated rings. The van der Waals surface area contributed by atoms with E-state index in [-0.39, 0.29) is 5.69 Å². The second-order valence-corrected chi connectivity index (χ2v) is 4.29. The van der Waals surface area contributed by atoms with E-state index in [1.54, 1.807) is 13.1 Å². The van der Waals surface area contributed by atoms with Crippen molar-refractivity contribution in [3.8, 4) is 0 Å². The van der Waals surface area contributed by atoms with E-state index in [2.05, 4.69) is 31.0 Å². The van der Waals surface area contributed by atoms with E-state index >= 15 is 0 Å². The summed E-state index contributed by atoms with van der Waals surface area (Å²) in [6, 6.07) is 7.43. The number of nitrogens with zero attached hydrogens (tertiary/aromatic N) is 1. The number of pyridine rings is 1. The van der Waals surface area contributed by atoms with Crippen molar-refractivity contribution >= 4 is 38.5 Å². The third-order valence-electron chi connectivity index (χ3n) is 2.45. The molecule has 1 aromatic carbocycles. The zero-order valence-corrected chi connectivity index (χ0v) is 11.0. The largest absolute Gasteiger partial charge is 0.464 e. The fraction of sp³-hybridized carbons (Fsp3) is 0.167.